The SMILES string of the molecule is O=S(=O)(Nc1ccc(F)c(-c2nc(NC3CCNCC3)sc2-c2ccncc2)c1F)c1cc(F)ccc1F. The number of hydrogen-bond acceptors (Lipinski definition) is 7. The first-order valence-corrected chi connectivity index (χ1v) is 13.9. The van der Waals surface area contributed by atoms with Gasteiger partial charge in [0.25, 0.3) is 10.0 Å². The van der Waals surface area contributed by atoms with Crippen LogP contribution >= 0.6 is 11.3 Å². The Kier molecular flexibility index (Phi) is 7.32. The number of piperidine rings is 1. The fourth-order valence-corrected chi connectivity index (χ4v) is 6.33. The van der Waals surface area contributed by atoms with Gasteiger partial charge in [-0.3, -0.25) is 9.71 Å². The molecule has 1 fully saturated rings. The molecular formula is C25H21F4N5O2S2. The second-order valence-electron chi connectivity index (χ2n) is 8.57. The van der Waals surface area contributed by atoms with Gasteiger partial charge in [-0.25, -0.2) is 31.0 Å². The third-order valence-corrected chi connectivity index (χ3v) is 8.41. The number of nitrogens with one attached hydrogen (secondary N) is 3. The molecule has 0 atom stereocenters. The topological polar surface area (TPSA) is 96.0 Å². The minimum atomic E-state index is -4.75. The molecule has 38 heavy (non-hydrogen) atoms. The second-order valence-corrected chi connectivity index (χ2v) is 11.2. The van der Waals surface area contributed by atoms with Crippen molar-refractivity contribution in [1.82, 2.24) is 15.3 Å². The van der Waals surface area contributed by atoms with Gasteiger partial charge in [0.1, 0.15) is 22.3 Å². The number of nitrogens with zero attached hydrogens (tertiary/aromatic N) is 2. The molecule has 2 aromatic carbocycles. The molecule has 0 radical (unpaired) electrons. The van der Waals surface area contributed by atoms with Crippen molar-refractivity contribution in [1.29, 1.82) is 0 Å². The molecule has 4 aromatic rings. The lowest BCUT2D eigenvalue weighted by Crippen LogP contribution is -2.35. The Morgan fingerprint density at radius 1 is 0.947 bits per heavy atom. The standard InChI is InChI=1S/C25H21F4N5O2S2/c26-15-1-2-17(27)20(13-15)38(35,36)34-19-4-3-18(28)21(22(19)29)23-24(14-5-9-30-10-6-14)37-25(33-23)32-16-7-11-31-12-8-16/h1-6,9-10,13,16,31,34H,7-8,11-12H2,(H,32,33). The van der Waals surface area contributed by atoms with E-state index in [0.29, 0.717) is 27.7 Å². The van der Waals surface area contributed by atoms with Gasteiger partial charge in [-0.1, -0.05) is 11.3 Å². The van der Waals surface area contributed by atoms with E-state index in [9.17, 15) is 17.2 Å². The van der Waals surface area contributed by atoms with Crippen LogP contribution in [0.4, 0.5) is 28.4 Å². The molecule has 3 heterocycles. The molecule has 0 spiro atoms. The first kappa shape index (κ1) is 26.1. The lowest BCUT2D eigenvalue weighted by molar-refractivity contribution is 0.479. The summed E-state index contributed by atoms with van der Waals surface area (Å²) in [6, 6.07) is 7.08. The Hall–Kier alpha value is -3.55. The number of benzene rings is 2. The molecule has 2 aromatic heterocycles. The van der Waals surface area contributed by atoms with E-state index in [-0.39, 0.29) is 11.7 Å². The Bertz CT molecular complexity index is 1580. The van der Waals surface area contributed by atoms with Gasteiger partial charge in [0.15, 0.2) is 10.9 Å². The van der Waals surface area contributed by atoms with Crippen LogP contribution in [0, 0.1) is 23.3 Å². The van der Waals surface area contributed by atoms with Crippen LogP contribution in [0.1, 0.15) is 12.8 Å². The lowest BCUT2D eigenvalue weighted by atomic mass is 10.1. The number of rotatable bonds is 7. The Morgan fingerprint density at radius 3 is 2.39 bits per heavy atom. The van der Waals surface area contributed by atoms with Crippen molar-refractivity contribution in [2.24, 2.45) is 0 Å². The summed E-state index contributed by atoms with van der Waals surface area (Å²) in [6.45, 7) is 1.65. The first-order chi connectivity index (χ1) is 18.2. The maximum atomic E-state index is 15.8. The lowest BCUT2D eigenvalue weighted by Gasteiger charge is -2.23. The van der Waals surface area contributed by atoms with E-state index in [1.54, 1.807) is 12.1 Å². The van der Waals surface area contributed by atoms with Crippen molar-refractivity contribution in [3.63, 3.8) is 0 Å². The summed E-state index contributed by atoms with van der Waals surface area (Å²) in [5.74, 6) is -4.45. The molecule has 198 valence electrons. The van der Waals surface area contributed by atoms with Gasteiger partial charge >= 0.3 is 0 Å². The summed E-state index contributed by atoms with van der Waals surface area (Å²) in [4.78, 5) is 7.91. The van der Waals surface area contributed by atoms with Gasteiger partial charge in [-0.2, -0.15) is 0 Å². The quantitative estimate of drug-likeness (QED) is 0.261. The van der Waals surface area contributed by atoms with E-state index in [2.05, 4.69) is 20.6 Å². The highest BCUT2D eigenvalue weighted by Crippen LogP contribution is 2.42. The van der Waals surface area contributed by atoms with Crippen molar-refractivity contribution >= 4 is 32.2 Å². The van der Waals surface area contributed by atoms with Crippen molar-refractivity contribution in [3.05, 3.63) is 78.1 Å². The average molecular weight is 564 g/mol. The molecule has 0 saturated carbocycles. The fraction of sp³-hybridized carbons (Fsp3) is 0.200. The zero-order valence-electron chi connectivity index (χ0n) is 19.6. The molecule has 7 nitrogen and oxygen atoms in total. The van der Waals surface area contributed by atoms with E-state index in [0.717, 1.165) is 44.1 Å². The van der Waals surface area contributed by atoms with Gasteiger partial charge in [-0.15, -0.1) is 0 Å². The number of hydrogen-bond donors (Lipinski definition) is 3. The van der Waals surface area contributed by atoms with Gasteiger partial charge < -0.3 is 10.6 Å². The van der Waals surface area contributed by atoms with Crippen molar-refractivity contribution in [2.45, 2.75) is 23.8 Å². The number of halogens is 4. The number of anilines is 2. The van der Waals surface area contributed by atoms with Crippen LogP contribution in [0.5, 0.6) is 0 Å². The fourth-order valence-electron chi connectivity index (χ4n) is 4.12. The maximum Gasteiger partial charge on any atom is 0.265 e. The summed E-state index contributed by atoms with van der Waals surface area (Å²) in [5, 5.41) is 7.04. The van der Waals surface area contributed by atoms with Crippen LogP contribution in [-0.2, 0) is 10.0 Å². The molecule has 3 N–H and O–H groups in total. The maximum absolute atomic E-state index is 15.8. The largest absolute Gasteiger partial charge is 0.359 e. The molecule has 5 rings (SSSR count). The van der Waals surface area contributed by atoms with E-state index in [1.807, 2.05) is 4.72 Å². The van der Waals surface area contributed by atoms with Gasteiger partial charge in [-0.05, 0) is 74.0 Å². The molecule has 1 aliphatic heterocycles. The van der Waals surface area contributed by atoms with E-state index in [4.69, 9.17) is 0 Å². The summed E-state index contributed by atoms with van der Waals surface area (Å²) in [5.41, 5.74) is -0.638. The Labute approximate surface area is 220 Å². The molecular weight excluding hydrogens is 542 g/mol. The second kappa shape index (κ2) is 10.7. The van der Waals surface area contributed by atoms with Gasteiger partial charge in [0, 0.05) is 18.4 Å². The number of sulfonamides is 1. The number of thiazole rings is 1. The highest BCUT2D eigenvalue weighted by atomic mass is 32.2. The van der Waals surface area contributed by atoms with E-state index in [1.165, 1.54) is 23.7 Å². The normalized spacial score (nSPS) is 14.4. The minimum Gasteiger partial charge on any atom is -0.359 e. The summed E-state index contributed by atoms with van der Waals surface area (Å²) in [6.07, 6.45) is 4.75. The van der Waals surface area contributed by atoms with Crippen LogP contribution < -0.4 is 15.4 Å². The van der Waals surface area contributed by atoms with Gasteiger partial charge in [0.05, 0.1) is 21.8 Å². The Balaban J connectivity index is 1.58. The van der Waals surface area contributed by atoms with Gasteiger partial charge in [0.2, 0.25) is 0 Å². The third kappa shape index (κ3) is 5.35. The van der Waals surface area contributed by atoms with Crippen molar-refractivity contribution < 1.29 is 26.0 Å². The highest BCUT2D eigenvalue weighted by Gasteiger charge is 2.27. The van der Waals surface area contributed by atoms with Crippen LogP contribution in [0.25, 0.3) is 21.7 Å². The molecule has 1 aliphatic rings. The van der Waals surface area contributed by atoms with E-state index >= 15 is 8.78 Å². The minimum absolute atomic E-state index is 0.0365. The summed E-state index contributed by atoms with van der Waals surface area (Å²) in [7, 11) is -4.75. The molecule has 0 bridgehead atoms. The van der Waals surface area contributed by atoms with Crippen LogP contribution in [0.3, 0.4) is 0 Å². The van der Waals surface area contributed by atoms with Crippen molar-refractivity contribution in [3.8, 4) is 21.7 Å². The predicted octanol–water partition coefficient (Wildman–Crippen LogP) is 5.39. The number of pyridine rings is 1. The molecule has 0 aliphatic carbocycles. The zero-order valence-corrected chi connectivity index (χ0v) is 21.3. The smallest absolute Gasteiger partial charge is 0.265 e. The number of aromatic nitrogens is 2. The summed E-state index contributed by atoms with van der Waals surface area (Å²) >= 11 is 1.20. The molecule has 13 heteroatoms. The van der Waals surface area contributed by atoms with Crippen LogP contribution in [0.15, 0.2) is 59.8 Å². The first-order valence-electron chi connectivity index (χ1n) is 11.6. The third-order valence-electron chi connectivity index (χ3n) is 5.99. The zero-order chi connectivity index (χ0) is 26.9. The predicted molar refractivity (Wildman–Crippen MR) is 137 cm³/mol. The van der Waals surface area contributed by atoms with Crippen LogP contribution in [0.2, 0.25) is 0 Å². The monoisotopic (exact) mass is 563 g/mol. The summed E-state index contributed by atoms with van der Waals surface area (Å²) < 4.78 is 86.1. The Morgan fingerprint density at radius 2 is 1.66 bits per heavy atom. The van der Waals surface area contributed by atoms with Crippen LogP contribution in [-0.4, -0.2) is 37.5 Å². The van der Waals surface area contributed by atoms with Crippen molar-refractivity contribution in [2.75, 3.05) is 23.1 Å². The molecule has 0 unspecified atom stereocenters. The molecule has 1 saturated heterocycles. The van der Waals surface area contributed by atoms with E-state index < -0.39 is 49.4 Å². The highest BCUT2D eigenvalue weighted by molar-refractivity contribution is 7.92. The average Bonchev–Trinajstić information content (AvgIpc) is 3.31. The molecule has 0 amide bonds.